The number of unbranched alkanes of at least 4 members (excludes halogenated alkanes) is 1. The number of fused-ring (bicyclic) bond motifs is 1. The molecule has 8 heteroatoms. The number of hydrogen-bond donors (Lipinski definition) is 1. The lowest BCUT2D eigenvalue weighted by Crippen LogP contribution is -2.36. The third-order valence-electron chi connectivity index (χ3n) is 5.30. The topological polar surface area (TPSA) is 83.7 Å². The molecule has 0 radical (unpaired) electrons. The van der Waals surface area contributed by atoms with Gasteiger partial charge in [-0.25, -0.2) is 0 Å². The molecule has 1 saturated heterocycles. The quantitative estimate of drug-likeness (QED) is 0.504. The molecule has 0 unspecified atom stereocenters. The number of para-hydroxylation sites is 1. The van der Waals surface area contributed by atoms with Crippen molar-refractivity contribution >= 4 is 57.3 Å². The lowest BCUT2D eigenvalue weighted by molar-refractivity contribution is -0.123. The lowest BCUT2D eigenvalue weighted by atomic mass is 9.98. The predicted molar refractivity (Wildman–Crippen MR) is 120 cm³/mol. The molecule has 0 aromatic heterocycles. The number of anilines is 1. The number of rotatable bonds is 8. The second kappa shape index (κ2) is 9.09. The number of nitrogens with two attached hydrogens (primary N) is 1. The van der Waals surface area contributed by atoms with E-state index in [1.54, 1.807) is 29.2 Å². The van der Waals surface area contributed by atoms with E-state index >= 15 is 0 Å². The van der Waals surface area contributed by atoms with E-state index in [1.165, 1.54) is 16.7 Å². The number of thiocarbonyl (C=S) groups is 1. The van der Waals surface area contributed by atoms with Gasteiger partial charge in [0.05, 0.1) is 16.2 Å². The van der Waals surface area contributed by atoms with Gasteiger partial charge < -0.3 is 5.73 Å². The average Bonchev–Trinajstić information content (AvgIpc) is 3.12. The SMILES string of the molecule is CCCC[C@H](CC)CN1C(=O)/C(=C2/C(=O)N(CC(N)=O)c3ccccc32)SC1=S. The van der Waals surface area contributed by atoms with Crippen LogP contribution in [0.4, 0.5) is 5.69 Å². The van der Waals surface area contributed by atoms with Crippen LogP contribution in [-0.2, 0) is 14.4 Å². The Morgan fingerprint density at radius 2 is 1.90 bits per heavy atom. The normalized spacial score (nSPS) is 19.9. The number of benzene rings is 1. The number of primary amides is 1. The first kappa shape index (κ1) is 21.5. The molecule has 0 saturated carbocycles. The highest BCUT2D eigenvalue weighted by molar-refractivity contribution is 8.26. The molecule has 2 aliphatic rings. The van der Waals surface area contributed by atoms with Gasteiger partial charge in [0.2, 0.25) is 5.91 Å². The van der Waals surface area contributed by atoms with Gasteiger partial charge in [0.15, 0.2) is 0 Å². The Balaban J connectivity index is 1.95. The molecule has 2 N–H and O–H groups in total. The summed E-state index contributed by atoms with van der Waals surface area (Å²) < 4.78 is 0.478. The zero-order valence-corrected chi connectivity index (χ0v) is 18.3. The molecule has 6 nitrogen and oxygen atoms in total. The van der Waals surface area contributed by atoms with E-state index in [0.717, 1.165) is 25.7 Å². The molecule has 1 fully saturated rings. The van der Waals surface area contributed by atoms with Crippen molar-refractivity contribution in [2.75, 3.05) is 18.0 Å². The molecule has 154 valence electrons. The number of carbonyl (C=O) groups is 3. The van der Waals surface area contributed by atoms with E-state index in [4.69, 9.17) is 18.0 Å². The highest BCUT2D eigenvalue weighted by Crippen LogP contribution is 2.44. The fourth-order valence-corrected chi connectivity index (χ4v) is 5.04. The number of nitrogens with zero attached hydrogens (tertiary/aromatic N) is 2. The summed E-state index contributed by atoms with van der Waals surface area (Å²) in [5, 5.41) is 0. The highest BCUT2D eigenvalue weighted by atomic mass is 32.2. The minimum Gasteiger partial charge on any atom is -0.368 e. The Morgan fingerprint density at radius 1 is 1.17 bits per heavy atom. The highest BCUT2D eigenvalue weighted by Gasteiger charge is 2.42. The van der Waals surface area contributed by atoms with Gasteiger partial charge in [-0.2, -0.15) is 0 Å². The monoisotopic (exact) mass is 431 g/mol. The summed E-state index contributed by atoms with van der Waals surface area (Å²) in [4.78, 5) is 41.1. The zero-order chi connectivity index (χ0) is 21.1. The first-order valence-corrected chi connectivity index (χ1v) is 11.1. The average molecular weight is 432 g/mol. The largest absolute Gasteiger partial charge is 0.368 e. The summed E-state index contributed by atoms with van der Waals surface area (Å²) in [7, 11) is 0. The molecule has 2 aliphatic heterocycles. The molecule has 0 bridgehead atoms. The number of carbonyl (C=O) groups excluding carboxylic acids is 3. The lowest BCUT2D eigenvalue weighted by Gasteiger charge is -2.21. The molecule has 29 heavy (non-hydrogen) atoms. The molecular weight excluding hydrogens is 406 g/mol. The van der Waals surface area contributed by atoms with Crippen molar-refractivity contribution < 1.29 is 14.4 Å². The Hall–Kier alpha value is -2.19. The van der Waals surface area contributed by atoms with E-state index < -0.39 is 5.91 Å². The van der Waals surface area contributed by atoms with Crippen molar-refractivity contribution in [1.82, 2.24) is 4.90 Å². The van der Waals surface area contributed by atoms with Gasteiger partial charge in [0, 0.05) is 12.1 Å². The fraction of sp³-hybridized carbons (Fsp3) is 0.429. The van der Waals surface area contributed by atoms with E-state index in [2.05, 4.69) is 13.8 Å². The smallest absolute Gasteiger partial charge is 0.267 e. The zero-order valence-electron chi connectivity index (χ0n) is 16.6. The van der Waals surface area contributed by atoms with Crippen LogP contribution in [0.3, 0.4) is 0 Å². The van der Waals surface area contributed by atoms with Crippen LogP contribution in [0, 0.1) is 5.92 Å². The van der Waals surface area contributed by atoms with Crippen molar-refractivity contribution in [3.63, 3.8) is 0 Å². The van der Waals surface area contributed by atoms with Crippen LogP contribution in [-0.4, -0.2) is 40.0 Å². The van der Waals surface area contributed by atoms with Crippen molar-refractivity contribution in [1.29, 1.82) is 0 Å². The van der Waals surface area contributed by atoms with Crippen LogP contribution < -0.4 is 10.6 Å². The maximum atomic E-state index is 13.2. The maximum absolute atomic E-state index is 13.2. The summed E-state index contributed by atoms with van der Waals surface area (Å²) in [6.07, 6.45) is 4.24. The first-order chi connectivity index (χ1) is 13.9. The third kappa shape index (κ3) is 4.23. The van der Waals surface area contributed by atoms with Gasteiger partial charge in [-0.15, -0.1) is 0 Å². The van der Waals surface area contributed by atoms with Crippen molar-refractivity contribution in [2.45, 2.75) is 39.5 Å². The maximum Gasteiger partial charge on any atom is 0.267 e. The number of amides is 3. The van der Waals surface area contributed by atoms with Crippen LogP contribution in [0.15, 0.2) is 29.2 Å². The third-order valence-corrected chi connectivity index (χ3v) is 6.75. The van der Waals surface area contributed by atoms with Gasteiger partial charge in [-0.1, -0.05) is 75.3 Å². The van der Waals surface area contributed by atoms with Gasteiger partial charge in [0.1, 0.15) is 10.9 Å². The van der Waals surface area contributed by atoms with E-state index in [0.29, 0.717) is 38.5 Å². The molecule has 1 aromatic carbocycles. The summed E-state index contributed by atoms with van der Waals surface area (Å²) in [5.41, 5.74) is 6.86. The predicted octanol–water partition coefficient (Wildman–Crippen LogP) is 3.31. The molecule has 0 aliphatic carbocycles. The summed E-state index contributed by atoms with van der Waals surface area (Å²) >= 11 is 6.65. The molecule has 2 heterocycles. The molecule has 3 rings (SSSR count). The van der Waals surface area contributed by atoms with Crippen LogP contribution in [0.2, 0.25) is 0 Å². The van der Waals surface area contributed by atoms with E-state index in [1.807, 2.05) is 0 Å². The van der Waals surface area contributed by atoms with Gasteiger partial charge in [-0.05, 0) is 18.4 Å². The Labute approximate surface area is 180 Å². The van der Waals surface area contributed by atoms with E-state index in [-0.39, 0.29) is 18.4 Å². The van der Waals surface area contributed by atoms with Crippen LogP contribution >= 0.6 is 24.0 Å². The number of hydrogen-bond acceptors (Lipinski definition) is 5. The Bertz CT molecular complexity index is 897. The molecule has 1 aromatic rings. The summed E-state index contributed by atoms with van der Waals surface area (Å²) in [6.45, 7) is 4.61. The first-order valence-electron chi connectivity index (χ1n) is 9.86. The van der Waals surface area contributed by atoms with Gasteiger partial charge in [0.25, 0.3) is 11.8 Å². The molecular formula is C21H25N3O3S2. The standard InChI is InChI=1S/C21H25N3O3S2/c1-3-5-8-13(4-2)11-24-20(27)18(29-21(24)28)17-14-9-6-7-10-15(14)23(19(17)26)12-16(22)25/h6-7,9-10,13H,3-5,8,11-12H2,1-2H3,(H2,22,25)/b18-17-/t13-/m0/s1. The van der Waals surface area contributed by atoms with Crippen LogP contribution in [0.1, 0.15) is 45.1 Å². The van der Waals surface area contributed by atoms with Crippen molar-refractivity contribution in [3.8, 4) is 0 Å². The molecule has 0 spiro atoms. The van der Waals surface area contributed by atoms with E-state index in [9.17, 15) is 14.4 Å². The van der Waals surface area contributed by atoms with Gasteiger partial charge in [-0.3, -0.25) is 24.2 Å². The Morgan fingerprint density at radius 3 is 2.55 bits per heavy atom. The molecule has 1 atom stereocenters. The molecule has 3 amide bonds. The van der Waals surface area contributed by atoms with Gasteiger partial charge >= 0.3 is 0 Å². The Kier molecular flexibility index (Phi) is 6.74. The van der Waals surface area contributed by atoms with Crippen LogP contribution in [0.25, 0.3) is 5.57 Å². The summed E-state index contributed by atoms with van der Waals surface area (Å²) in [6, 6.07) is 7.13. The van der Waals surface area contributed by atoms with Crippen molar-refractivity contribution in [2.24, 2.45) is 11.7 Å². The second-order valence-corrected chi connectivity index (χ2v) is 8.92. The number of thioether (sulfide) groups is 1. The van der Waals surface area contributed by atoms with Crippen molar-refractivity contribution in [3.05, 3.63) is 34.7 Å². The summed E-state index contributed by atoms with van der Waals surface area (Å²) in [5.74, 6) is -0.846. The fourth-order valence-electron chi connectivity index (χ4n) is 3.69. The van der Waals surface area contributed by atoms with Crippen LogP contribution in [0.5, 0.6) is 0 Å². The minimum atomic E-state index is -0.608. The second-order valence-electron chi connectivity index (χ2n) is 7.28. The minimum absolute atomic E-state index is 0.228.